The van der Waals surface area contributed by atoms with Gasteiger partial charge >= 0.3 is 0 Å². The minimum atomic E-state index is -0.648. The van der Waals surface area contributed by atoms with Gasteiger partial charge in [-0.25, -0.2) is 4.39 Å². The number of benzene rings is 2. The molecule has 2 aromatic carbocycles. The molecule has 0 fully saturated rings. The summed E-state index contributed by atoms with van der Waals surface area (Å²) in [5.41, 5.74) is 1.58. The van der Waals surface area contributed by atoms with Crippen LogP contribution in [0.5, 0.6) is 17.2 Å². The SMILES string of the molecule is CCOc1cc(CNc2ccc(O)c(F)c2)ccc1OC. The first-order chi connectivity index (χ1) is 10.1. The topological polar surface area (TPSA) is 50.7 Å². The van der Waals surface area contributed by atoms with Gasteiger partial charge in [-0.15, -0.1) is 0 Å². The molecule has 0 aliphatic heterocycles. The van der Waals surface area contributed by atoms with Gasteiger partial charge < -0.3 is 19.9 Å². The number of methoxy groups -OCH3 is 1. The van der Waals surface area contributed by atoms with Crippen LogP contribution in [0.1, 0.15) is 12.5 Å². The maximum atomic E-state index is 13.2. The number of phenolic OH excluding ortho intramolecular Hbond substituents is 1. The number of ether oxygens (including phenoxy) is 2. The molecule has 21 heavy (non-hydrogen) atoms. The van der Waals surface area contributed by atoms with E-state index in [2.05, 4.69) is 5.32 Å². The lowest BCUT2D eigenvalue weighted by Gasteiger charge is -2.12. The molecule has 4 nitrogen and oxygen atoms in total. The molecular weight excluding hydrogens is 273 g/mol. The van der Waals surface area contributed by atoms with Gasteiger partial charge in [0.2, 0.25) is 0 Å². The monoisotopic (exact) mass is 291 g/mol. The van der Waals surface area contributed by atoms with E-state index in [1.165, 1.54) is 12.1 Å². The highest BCUT2D eigenvalue weighted by Crippen LogP contribution is 2.28. The average molecular weight is 291 g/mol. The van der Waals surface area contributed by atoms with Gasteiger partial charge in [-0.1, -0.05) is 6.07 Å². The largest absolute Gasteiger partial charge is 0.505 e. The van der Waals surface area contributed by atoms with Gasteiger partial charge in [-0.05, 0) is 36.8 Å². The maximum absolute atomic E-state index is 13.2. The molecule has 0 unspecified atom stereocenters. The Morgan fingerprint density at radius 1 is 1.14 bits per heavy atom. The zero-order valence-corrected chi connectivity index (χ0v) is 12.0. The Morgan fingerprint density at radius 2 is 1.95 bits per heavy atom. The highest BCUT2D eigenvalue weighted by Gasteiger charge is 2.06. The van der Waals surface area contributed by atoms with E-state index in [1.807, 2.05) is 25.1 Å². The van der Waals surface area contributed by atoms with Gasteiger partial charge in [-0.3, -0.25) is 0 Å². The van der Waals surface area contributed by atoms with Gasteiger partial charge in [0.05, 0.1) is 13.7 Å². The molecule has 0 saturated heterocycles. The van der Waals surface area contributed by atoms with E-state index in [9.17, 15) is 4.39 Å². The second-order valence-corrected chi connectivity index (χ2v) is 4.44. The number of halogens is 1. The van der Waals surface area contributed by atoms with Gasteiger partial charge in [0.25, 0.3) is 0 Å². The zero-order chi connectivity index (χ0) is 15.2. The van der Waals surface area contributed by atoms with Crippen molar-refractivity contribution in [1.82, 2.24) is 0 Å². The van der Waals surface area contributed by atoms with Crippen LogP contribution in [0.25, 0.3) is 0 Å². The Morgan fingerprint density at radius 3 is 2.62 bits per heavy atom. The summed E-state index contributed by atoms with van der Waals surface area (Å²) in [6, 6.07) is 9.81. The van der Waals surface area contributed by atoms with E-state index in [-0.39, 0.29) is 5.75 Å². The van der Waals surface area contributed by atoms with Gasteiger partial charge in [0.15, 0.2) is 23.1 Å². The second-order valence-electron chi connectivity index (χ2n) is 4.44. The molecule has 0 radical (unpaired) electrons. The van der Waals surface area contributed by atoms with Crippen LogP contribution >= 0.6 is 0 Å². The Balaban J connectivity index is 2.08. The lowest BCUT2D eigenvalue weighted by molar-refractivity contribution is 0.310. The molecule has 0 aromatic heterocycles. The molecular formula is C16H18FNO3. The van der Waals surface area contributed by atoms with Crippen LogP contribution in [0.3, 0.4) is 0 Å². The summed E-state index contributed by atoms with van der Waals surface area (Å²) in [4.78, 5) is 0. The van der Waals surface area contributed by atoms with Crippen LogP contribution in [0, 0.1) is 5.82 Å². The second kappa shape index (κ2) is 6.83. The van der Waals surface area contributed by atoms with Crippen molar-refractivity contribution < 1.29 is 19.0 Å². The minimum Gasteiger partial charge on any atom is -0.505 e. The summed E-state index contributed by atoms with van der Waals surface area (Å²) in [5, 5.41) is 12.2. The number of aromatic hydroxyl groups is 1. The van der Waals surface area contributed by atoms with E-state index < -0.39 is 5.82 Å². The van der Waals surface area contributed by atoms with Crippen LogP contribution in [0.15, 0.2) is 36.4 Å². The Bertz CT molecular complexity index is 616. The predicted octanol–water partition coefficient (Wildman–Crippen LogP) is 3.55. The third-order valence-corrected chi connectivity index (χ3v) is 2.97. The number of hydrogen-bond acceptors (Lipinski definition) is 4. The number of phenols is 1. The van der Waals surface area contributed by atoms with Gasteiger partial charge in [-0.2, -0.15) is 0 Å². The number of anilines is 1. The summed E-state index contributed by atoms with van der Waals surface area (Å²) >= 11 is 0. The molecule has 0 aliphatic carbocycles. The van der Waals surface area contributed by atoms with E-state index >= 15 is 0 Å². The fourth-order valence-corrected chi connectivity index (χ4v) is 1.92. The molecule has 2 rings (SSSR count). The molecule has 0 aliphatic rings. The average Bonchev–Trinajstić information content (AvgIpc) is 2.49. The molecule has 0 saturated carbocycles. The molecule has 2 N–H and O–H groups in total. The fourth-order valence-electron chi connectivity index (χ4n) is 1.92. The van der Waals surface area contributed by atoms with E-state index in [0.717, 1.165) is 5.56 Å². The normalized spacial score (nSPS) is 10.2. The molecule has 112 valence electrons. The van der Waals surface area contributed by atoms with E-state index in [0.29, 0.717) is 30.3 Å². The Hall–Kier alpha value is -2.43. The first kappa shape index (κ1) is 15.0. The number of hydrogen-bond donors (Lipinski definition) is 2. The standard InChI is InChI=1S/C16H18FNO3/c1-3-21-16-8-11(4-7-15(16)20-2)10-18-12-5-6-14(19)13(17)9-12/h4-9,18-19H,3,10H2,1-2H3. The van der Waals surface area contributed by atoms with Crippen LogP contribution in [0.2, 0.25) is 0 Å². The number of rotatable bonds is 6. The highest BCUT2D eigenvalue weighted by atomic mass is 19.1. The van der Waals surface area contributed by atoms with Crippen molar-refractivity contribution in [2.75, 3.05) is 19.0 Å². The molecule has 0 atom stereocenters. The summed E-state index contributed by atoms with van der Waals surface area (Å²) in [6.45, 7) is 2.97. The van der Waals surface area contributed by atoms with Crippen LogP contribution in [0.4, 0.5) is 10.1 Å². The Kier molecular flexibility index (Phi) is 4.87. The summed E-state index contributed by atoms with van der Waals surface area (Å²) in [6.07, 6.45) is 0. The molecule has 0 heterocycles. The van der Waals surface area contributed by atoms with Crippen molar-refractivity contribution in [2.24, 2.45) is 0 Å². The van der Waals surface area contributed by atoms with Crippen molar-refractivity contribution in [3.8, 4) is 17.2 Å². The summed E-state index contributed by atoms with van der Waals surface area (Å²) in [5.74, 6) is 0.348. The Labute approximate surface area is 123 Å². The molecule has 2 aromatic rings. The van der Waals surface area contributed by atoms with Gasteiger partial charge in [0.1, 0.15) is 0 Å². The van der Waals surface area contributed by atoms with Crippen molar-refractivity contribution in [1.29, 1.82) is 0 Å². The van der Waals surface area contributed by atoms with Gasteiger partial charge in [0, 0.05) is 18.3 Å². The first-order valence-electron chi connectivity index (χ1n) is 6.66. The van der Waals surface area contributed by atoms with Crippen LogP contribution < -0.4 is 14.8 Å². The van der Waals surface area contributed by atoms with Crippen molar-refractivity contribution in [3.63, 3.8) is 0 Å². The van der Waals surface area contributed by atoms with Crippen LogP contribution in [-0.4, -0.2) is 18.8 Å². The fraction of sp³-hybridized carbons (Fsp3) is 0.250. The van der Waals surface area contributed by atoms with E-state index in [4.69, 9.17) is 14.6 Å². The number of nitrogens with one attached hydrogen (secondary N) is 1. The molecule has 0 spiro atoms. The predicted molar refractivity (Wildman–Crippen MR) is 79.6 cm³/mol. The molecule has 0 amide bonds. The lowest BCUT2D eigenvalue weighted by Crippen LogP contribution is -2.01. The molecule has 5 heteroatoms. The van der Waals surface area contributed by atoms with Crippen molar-refractivity contribution in [3.05, 3.63) is 47.8 Å². The zero-order valence-electron chi connectivity index (χ0n) is 12.0. The smallest absolute Gasteiger partial charge is 0.166 e. The van der Waals surface area contributed by atoms with Crippen molar-refractivity contribution in [2.45, 2.75) is 13.5 Å². The summed E-state index contributed by atoms with van der Waals surface area (Å²) < 4.78 is 24.0. The highest BCUT2D eigenvalue weighted by molar-refractivity contribution is 5.49. The lowest BCUT2D eigenvalue weighted by atomic mass is 10.2. The maximum Gasteiger partial charge on any atom is 0.166 e. The minimum absolute atomic E-state index is 0.358. The first-order valence-corrected chi connectivity index (χ1v) is 6.66. The molecule has 0 bridgehead atoms. The van der Waals surface area contributed by atoms with Crippen LogP contribution in [-0.2, 0) is 6.54 Å². The third kappa shape index (κ3) is 3.78. The third-order valence-electron chi connectivity index (χ3n) is 2.97. The quantitative estimate of drug-likeness (QED) is 0.799. The summed E-state index contributed by atoms with van der Waals surface area (Å²) in [7, 11) is 1.59. The van der Waals surface area contributed by atoms with Crippen molar-refractivity contribution >= 4 is 5.69 Å². The van der Waals surface area contributed by atoms with E-state index in [1.54, 1.807) is 13.2 Å².